The molecule has 0 bridgehead atoms. The average molecular weight is 413 g/mol. The minimum atomic E-state index is -6.01. The van der Waals surface area contributed by atoms with E-state index in [4.69, 9.17) is 9.47 Å². The van der Waals surface area contributed by atoms with Gasteiger partial charge in [-0.15, -0.1) is 0 Å². The Morgan fingerprint density at radius 1 is 0.929 bits per heavy atom. The van der Waals surface area contributed by atoms with Gasteiger partial charge in [0.05, 0.1) is 0 Å². The molecule has 2 N–H and O–H groups in total. The van der Waals surface area contributed by atoms with Crippen LogP contribution in [0.15, 0.2) is 36.0 Å². The monoisotopic (exact) mass is 413 g/mol. The third kappa shape index (κ3) is 3.91. The topological polar surface area (TPSA) is 84.9 Å². The number of hydrogen-bond donors (Lipinski definition) is 2. The van der Waals surface area contributed by atoms with Crippen molar-refractivity contribution in [2.24, 2.45) is 0 Å². The number of anilines is 1. The van der Waals surface area contributed by atoms with Crippen LogP contribution in [0.5, 0.6) is 0 Å². The van der Waals surface area contributed by atoms with E-state index in [9.17, 15) is 41.0 Å². The molecule has 1 aliphatic heterocycles. The van der Waals surface area contributed by atoms with E-state index in [0.717, 1.165) is 18.3 Å². The molecule has 0 amide bonds. The largest absolute Gasteiger partial charge is 0.430 e. The van der Waals surface area contributed by atoms with Crippen molar-refractivity contribution in [1.29, 1.82) is 0 Å². The van der Waals surface area contributed by atoms with E-state index < -0.39 is 46.8 Å². The van der Waals surface area contributed by atoms with E-state index in [2.05, 4.69) is 5.32 Å². The summed E-state index contributed by atoms with van der Waals surface area (Å²) < 4.78 is 86.6. The Labute approximate surface area is 153 Å². The van der Waals surface area contributed by atoms with Gasteiger partial charge < -0.3 is 19.9 Å². The number of alkyl halides is 6. The lowest BCUT2D eigenvalue weighted by Crippen LogP contribution is -2.53. The van der Waals surface area contributed by atoms with Gasteiger partial charge in [0.2, 0.25) is 0 Å². The number of benzene rings is 1. The minimum absolute atomic E-state index is 0.0756. The molecule has 1 saturated heterocycles. The summed E-state index contributed by atoms with van der Waals surface area (Å²) in [5.41, 5.74) is -7.15. The smallest absolute Gasteiger partial charge is 0.419 e. The van der Waals surface area contributed by atoms with Crippen LogP contribution in [0.3, 0.4) is 0 Å². The van der Waals surface area contributed by atoms with Gasteiger partial charge in [-0.05, 0) is 12.1 Å². The molecule has 154 valence electrons. The standard InChI is InChI=1S/C16H13F6NO5/c1-13(2)27-11(24)10(12(25)28-13)7-23-9-5-3-8(4-6-9)14(26,15(17,18)19)16(20,21)22/h3-7,23,26H,1-2H3. The Morgan fingerprint density at radius 3 is 1.75 bits per heavy atom. The fourth-order valence-corrected chi connectivity index (χ4v) is 2.23. The zero-order chi connectivity index (χ0) is 21.5. The van der Waals surface area contributed by atoms with Gasteiger partial charge in [0.15, 0.2) is 5.57 Å². The number of hydrogen-bond acceptors (Lipinski definition) is 6. The molecule has 1 aromatic carbocycles. The second-order valence-electron chi connectivity index (χ2n) is 6.16. The summed E-state index contributed by atoms with van der Waals surface area (Å²) in [7, 11) is 0. The summed E-state index contributed by atoms with van der Waals surface area (Å²) in [5.74, 6) is -3.55. The van der Waals surface area contributed by atoms with Crippen LogP contribution >= 0.6 is 0 Å². The number of halogens is 6. The molecule has 0 unspecified atom stereocenters. The second kappa shape index (κ2) is 6.69. The fourth-order valence-electron chi connectivity index (χ4n) is 2.23. The maximum atomic E-state index is 12.8. The first kappa shape index (κ1) is 21.5. The highest BCUT2D eigenvalue weighted by Crippen LogP contribution is 2.50. The van der Waals surface area contributed by atoms with E-state index in [-0.39, 0.29) is 5.69 Å². The molecule has 0 atom stereocenters. The van der Waals surface area contributed by atoms with Crippen molar-refractivity contribution >= 4 is 17.6 Å². The van der Waals surface area contributed by atoms with Crippen LogP contribution in [-0.4, -0.2) is 35.2 Å². The fraction of sp³-hybridized carbons (Fsp3) is 0.375. The highest BCUT2D eigenvalue weighted by molar-refractivity contribution is 6.15. The molecule has 1 aromatic rings. The first-order chi connectivity index (χ1) is 12.6. The van der Waals surface area contributed by atoms with E-state index in [1.807, 2.05) is 0 Å². The van der Waals surface area contributed by atoms with Crippen molar-refractivity contribution in [3.63, 3.8) is 0 Å². The molecule has 1 fully saturated rings. The van der Waals surface area contributed by atoms with E-state index >= 15 is 0 Å². The van der Waals surface area contributed by atoms with Crippen molar-refractivity contribution in [2.45, 2.75) is 37.6 Å². The lowest BCUT2D eigenvalue weighted by atomic mass is 9.92. The highest BCUT2D eigenvalue weighted by atomic mass is 19.4. The van der Waals surface area contributed by atoms with Gasteiger partial charge in [-0.1, -0.05) is 12.1 Å². The second-order valence-corrected chi connectivity index (χ2v) is 6.16. The minimum Gasteiger partial charge on any atom is -0.419 e. The molecule has 12 heteroatoms. The first-order valence-corrected chi connectivity index (χ1v) is 7.48. The maximum Gasteiger partial charge on any atom is 0.430 e. The number of carbonyl (C=O) groups is 2. The highest BCUT2D eigenvalue weighted by Gasteiger charge is 2.71. The van der Waals surface area contributed by atoms with Gasteiger partial charge in [-0.25, -0.2) is 9.59 Å². The number of cyclic esters (lactones) is 2. The average Bonchev–Trinajstić information content (AvgIpc) is 2.50. The van der Waals surface area contributed by atoms with Gasteiger partial charge in [-0.2, -0.15) is 26.3 Å². The summed E-state index contributed by atoms with van der Waals surface area (Å²) in [5, 5.41) is 11.6. The van der Waals surface area contributed by atoms with Crippen molar-refractivity contribution < 1.29 is 50.5 Å². The number of carbonyl (C=O) groups excluding carboxylic acids is 2. The molecular weight excluding hydrogens is 400 g/mol. The van der Waals surface area contributed by atoms with Crippen molar-refractivity contribution in [3.05, 3.63) is 41.6 Å². The Bertz CT molecular complexity index is 774. The molecular formula is C16H13F6NO5. The number of aliphatic hydroxyl groups is 1. The zero-order valence-corrected chi connectivity index (χ0v) is 14.2. The van der Waals surface area contributed by atoms with Gasteiger partial charge >= 0.3 is 24.3 Å². The SMILES string of the molecule is CC1(C)OC(=O)C(=CNc2ccc(C(O)(C(F)(F)F)C(F)(F)F)cc2)C(=O)O1. The summed E-state index contributed by atoms with van der Waals surface area (Å²) in [6.07, 6.45) is -11.2. The van der Waals surface area contributed by atoms with Crippen LogP contribution < -0.4 is 5.32 Å². The van der Waals surface area contributed by atoms with Crippen LogP contribution in [0.1, 0.15) is 19.4 Å². The molecule has 0 spiro atoms. The molecule has 0 aromatic heterocycles. The summed E-state index contributed by atoms with van der Waals surface area (Å²) in [6.45, 7) is 2.63. The van der Waals surface area contributed by atoms with Crippen LogP contribution in [0.25, 0.3) is 0 Å². The lowest BCUT2D eigenvalue weighted by molar-refractivity contribution is -0.376. The number of nitrogens with one attached hydrogen (secondary N) is 1. The molecule has 1 heterocycles. The van der Waals surface area contributed by atoms with Crippen LogP contribution in [0.2, 0.25) is 0 Å². The number of ether oxygens (including phenoxy) is 2. The molecule has 6 nitrogen and oxygen atoms in total. The van der Waals surface area contributed by atoms with E-state index in [1.54, 1.807) is 0 Å². The van der Waals surface area contributed by atoms with Gasteiger partial charge in [0.25, 0.3) is 11.4 Å². The predicted molar refractivity (Wildman–Crippen MR) is 80.4 cm³/mol. The summed E-state index contributed by atoms with van der Waals surface area (Å²) >= 11 is 0. The van der Waals surface area contributed by atoms with Crippen LogP contribution in [0, 0.1) is 0 Å². The third-order valence-corrected chi connectivity index (χ3v) is 3.62. The molecule has 1 aliphatic rings. The van der Waals surface area contributed by atoms with Crippen LogP contribution in [-0.2, 0) is 24.7 Å². The normalized spacial score (nSPS) is 17.7. The zero-order valence-electron chi connectivity index (χ0n) is 14.2. The quantitative estimate of drug-likeness (QED) is 0.343. The van der Waals surface area contributed by atoms with Gasteiger partial charge in [-0.3, -0.25) is 0 Å². The summed E-state index contributed by atoms with van der Waals surface area (Å²) in [6, 6.07) is 2.39. The Kier molecular flexibility index (Phi) is 5.15. The van der Waals surface area contributed by atoms with Crippen LogP contribution in [0.4, 0.5) is 32.0 Å². The molecule has 0 radical (unpaired) electrons. The van der Waals surface area contributed by atoms with Gasteiger partial charge in [0.1, 0.15) is 0 Å². The van der Waals surface area contributed by atoms with Crippen molar-refractivity contribution in [1.82, 2.24) is 0 Å². The molecule has 0 saturated carbocycles. The first-order valence-electron chi connectivity index (χ1n) is 7.48. The third-order valence-electron chi connectivity index (χ3n) is 3.62. The van der Waals surface area contributed by atoms with Crippen molar-refractivity contribution in [2.75, 3.05) is 5.32 Å². The Morgan fingerprint density at radius 2 is 1.36 bits per heavy atom. The van der Waals surface area contributed by atoms with Gasteiger partial charge in [0, 0.05) is 31.3 Å². The summed E-state index contributed by atoms with van der Waals surface area (Å²) in [4.78, 5) is 23.5. The molecule has 28 heavy (non-hydrogen) atoms. The maximum absolute atomic E-state index is 12.8. The van der Waals surface area contributed by atoms with Crippen molar-refractivity contribution in [3.8, 4) is 0 Å². The Balaban J connectivity index is 2.26. The predicted octanol–water partition coefficient (Wildman–Crippen LogP) is 3.13. The molecule has 2 rings (SSSR count). The van der Waals surface area contributed by atoms with E-state index in [0.29, 0.717) is 12.1 Å². The van der Waals surface area contributed by atoms with E-state index in [1.165, 1.54) is 13.8 Å². The molecule has 0 aliphatic carbocycles. The number of esters is 2. The lowest BCUT2D eigenvalue weighted by Gasteiger charge is -2.32. The number of rotatable bonds is 3. The Hall–Kier alpha value is -2.76.